The molecule has 1 aromatic carbocycles. The van der Waals surface area contributed by atoms with Gasteiger partial charge < -0.3 is 9.84 Å². The summed E-state index contributed by atoms with van der Waals surface area (Å²) >= 11 is 0. The number of hydrogen-bond donors (Lipinski definition) is 1. The fourth-order valence-corrected chi connectivity index (χ4v) is 2.01. The van der Waals surface area contributed by atoms with Gasteiger partial charge in [-0.1, -0.05) is 12.1 Å². The minimum Gasteiger partial charge on any atom is -0.478 e. The van der Waals surface area contributed by atoms with E-state index in [9.17, 15) is 13.6 Å². The van der Waals surface area contributed by atoms with Gasteiger partial charge in [0.15, 0.2) is 5.82 Å². The fraction of sp³-hybridized carbons (Fsp3) is 0.0625. The van der Waals surface area contributed by atoms with E-state index >= 15 is 0 Å². The Kier molecular flexibility index (Phi) is 4.19. The van der Waals surface area contributed by atoms with Crippen LogP contribution in [0.5, 0.6) is 5.88 Å². The number of aromatic carboxylic acids is 1. The third-order valence-electron chi connectivity index (χ3n) is 3.16. The number of pyridine rings is 1. The highest BCUT2D eigenvalue weighted by Gasteiger charge is 2.14. The molecule has 0 fully saturated rings. The Morgan fingerprint density at radius 3 is 2.62 bits per heavy atom. The minimum atomic E-state index is -1.14. The molecule has 1 N–H and O–H groups in total. The molecule has 2 aromatic heterocycles. The Morgan fingerprint density at radius 1 is 1.17 bits per heavy atom. The molecular formula is C16H11F2N3O3. The number of carbonyl (C=O) groups is 1. The van der Waals surface area contributed by atoms with Crippen molar-refractivity contribution >= 4 is 5.97 Å². The molecule has 0 aliphatic heterocycles. The highest BCUT2D eigenvalue weighted by molar-refractivity contribution is 5.87. The van der Waals surface area contributed by atoms with Crippen LogP contribution in [0.25, 0.3) is 5.82 Å². The number of halogens is 2. The van der Waals surface area contributed by atoms with E-state index in [1.807, 2.05) is 0 Å². The molecule has 122 valence electrons. The summed E-state index contributed by atoms with van der Waals surface area (Å²) in [6.07, 6.45) is 1.28. The Labute approximate surface area is 135 Å². The highest BCUT2D eigenvalue weighted by atomic mass is 19.1. The highest BCUT2D eigenvalue weighted by Crippen LogP contribution is 2.19. The number of ether oxygens (including phenoxy) is 1. The molecule has 3 rings (SSSR count). The first kappa shape index (κ1) is 15.6. The second-order valence-corrected chi connectivity index (χ2v) is 4.84. The van der Waals surface area contributed by atoms with E-state index in [0.717, 1.165) is 10.7 Å². The molecule has 0 aliphatic carbocycles. The summed E-state index contributed by atoms with van der Waals surface area (Å²) in [5.41, 5.74) is 0.664. The summed E-state index contributed by atoms with van der Waals surface area (Å²) in [6, 6.07) is 9.26. The van der Waals surface area contributed by atoms with Gasteiger partial charge in [-0.05, 0) is 29.8 Å². The van der Waals surface area contributed by atoms with Crippen molar-refractivity contribution < 1.29 is 23.4 Å². The van der Waals surface area contributed by atoms with E-state index in [-0.39, 0.29) is 29.7 Å². The molecule has 0 unspecified atom stereocenters. The standard InChI is InChI=1S/C16H11F2N3O3/c17-12-3-1-10(2-4-12)9-24-15-8-13(18)20-21(15)14-7-11(16(22)23)5-6-19-14/h1-8H,9H2,(H,22,23). The van der Waals surface area contributed by atoms with Gasteiger partial charge in [0.2, 0.25) is 11.8 Å². The average molecular weight is 331 g/mol. The van der Waals surface area contributed by atoms with E-state index in [1.165, 1.54) is 42.6 Å². The van der Waals surface area contributed by atoms with Gasteiger partial charge in [-0.3, -0.25) is 0 Å². The number of benzene rings is 1. The van der Waals surface area contributed by atoms with Crippen LogP contribution < -0.4 is 4.74 Å². The predicted octanol–water partition coefficient (Wildman–Crippen LogP) is 2.82. The maximum Gasteiger partial charge on any atom is 0.335 e. The first-order valence-corrected chi connectivity index (χ1v) is 6.85. The van der Waals surface area contributed by atoms with E-state index in [0.29, 0.717) is 5.56 Å². The predicted molar refractivity (Wildman–Crippen MR) is 79.0 cm³/mol. The molecule has 8 heteroatoms. The van der Waals surface area contributed by atoms with Gasteiger partial charge in [0.05, 0.1) is 11.6 Å². The van der Waals surface area contributed by atoms with E-state index in [4.69, 9.17) is 9.84 Å². The number of hydrogen-bond acceptors (Lipinski definition) is 4. The maximum absolute atomic E-state index is 13.5. The molecule has 0 aliphatic rings. The maximum atomic E-state index is 13.5. The molecule has 2 heterocycles. The third kappa shape index (κ3) is 3.37. The van der Waals surface area contributed by atoms with Crippen molar-refractivity contribution in [1.29, 1.82) is 0 Å². The zero-order chi connectivity index (χ0) is 17.1. The largest absolute Gasteiger partial charge is 0.478 e. The Hall–Kier alpha value is -3.29. The molecule has 3 aromatic rings. The van der Waals surface area contributed by atoms with Crippen LogP contribution in [0.1, 0.15) is 15.9 Å². The SMILES string of the molecule is O=C(O)c1ccnc(-n2nc(F)cc2OCc2ccc(F)cc2)c1. The smallest absolute Gasteiger partial charge is 0.335 e. The molecule has 0 amide bonds. The Morgan fingerprint density at radius 2 is 1.92 bits per heavy atom. The molecule has 24 heavy (non-hydrogen) atoms. The summed E-state index contributed by atoms with van der Waals surface area (Å²) < 4.78 is 32.9. The van der Waals surface area contributed by atoms with Gasteiger partial charge in [0.25, 0.3) is 0 Å². The molecular weight excluding hydrogens is 320 g/mol. The Bertz CT molecular complexity index is 879. The van der Waals surface area contributed by atoms with E-state index < -0.39 is 11.9 Å². The van der Waals surface area contributed by atoms with Crippen molar-refractivity contribution in [2.45, 2.75) is 6.61 Å². The lowest BCUT2D eigenvalue weighted by Crippen LogP contribution is -2.07. The van der Waals surface area contributed by atoms with Gasteiger partial charge >= 0.3 is 5.97 Å². The number of carboxylic acids is 1. The summed E-state index contributed by atoms with van der Waals surface area (Å²) in [5.74, 6) is -2.16. The first-order chi connectivity index (χ1) is 11.5. The van der Waals surface area contributed by atoms with Crippen molar-refractivity contribution in [3.63, 3.8) is 0 Å². The van der Waals surface area contributed by atoms with Crippen molar-refractivity contribution in [3.05, 3.63) is 71.6 Å². The van der Waals surface area contributed by atoms with Crippen LogP contribution in [0.15, 0.2) is 48.7 Å². The molecule has 0 atom stereocenters. The quantitative estimate of drug-likeness (QED) is 0.778. The van der Waals surface area contributed by atoms with Crippen LogP contribution in [0.3, 0.4) is 0 Å². The van der Waals surface area contributed by atoms with Crippen LogP contribution in [-0.4, -0.2) is 25.8 Å². The second kappa shape index (κ2) is 6.45. The van der Waals surface area contributed by atoms with E-state index in [1.54, 1.807) is 0 Å². The average Bonchev–Trinajstić information content (AvgIpc) is 2.95. The number of aromatic nitrogens is 3. The van der Waals surface area contributed by atoms with Crippen LogP contribution in [0.2, 0.25) is 0 Å². The summed E-state index contributed by atoms with van der Waals surface area (Å²) in [6.45, 7) is 0.0596. The molecule has 6 nitrogen and oxygen atoms in total. The van der Waals surface area contributed by atoms with Crippen molar-refractivity contribution in [3.8, 4) is 11.7 Å². The number of nitrogens with zero attached hydrogens (tertiary/aromatic N) is 3. The fourth-order valence-electron chi connectivity index (χ4n) is 2.01. The zero-order valence-corrected chi connectivity index (χ0v) is 12.2. The second-order valence-electron chi connectivity index (χ2n) is 4.84. The lowest BCUT2D eigenvalue weighted by Gasteiger charge is -2.09. The van der Waals surface area contributed by atoms with Crippen molar-refractivity contribution in [2.75, 3.05) is 0 Å². The molecule has 0 radical (unpaired) electrons. The van der Waals surface area contributed by atoms with Gasteiger partial charge in [0, 0.05) is 6.20 Å². The third-order valence-corrected chi connectivity index (χ3v) is 3.16. The summed E-state index contributed by atoms with van der Waals surface area (Å²) in [7, 11) is 0. The monoisotopic (exact) mass is 331 g/mol. The van der Waals surface area contributed by atoms with Gasteiger partial charge in [-0.25, -0.2) is 14.2 Å². The molecule has 0 spiro atoms. The lowest BCUT2D eigenvalue weighted by atomic mass is 10.2. The first-order valence-electron chi connectivity index (χ1n) is 6.85. The summed E-state index contributed by atoms with van der Waals surface area (Å²) in [5, 5.41) is 12.6. The molecule has 0 bridgehead atoms. The number of rotatable bonds is 5. The molecule has 0 saturated carbocycles. The van der Waals surface area contributed by atoms with Crippen LogP contribution in [0, 0.1) is 11.8 Å². The number of carboxylic acid groups (broad SMARTS) is 1. The van der Waals surface area contributed by atoms with Crippen molar-refractivity contribution in [2.24, 2.45) is 0 Å². The van der Waals surface area contributed by atoms with Crippen molar-refractivity contribution in [1.82, 2.24) is 14.8 Å². The zero-order valence-electron chi connectivity index (χ0n) is 12.2. The normalized spacial score (nSPS) is 10.6. The topological polar surface area (TPSA) is 77.2 Å². The van der Waals surface area contributed by atoms with Gasteiger partial charge in [-0.2, -0.15) is 9.07 Å². The lowest BCUT2D eigenvalue weighted by molar-refractivity contribution is 0.0696. The minimum absolute atomic E-state index is 0.0135. The van der Waals surface area contributed by atoms with Crippen LogP contribution in [-0.2, 0) is 6.61 Å². The van der Waals surface area contributed by atoms with E-state index in [2.05, 4.69) is 10.1 Å². The van der Waals surface area contributed by atoms with Gasteiger partial charge in [0.1, 0.15) is 12.4 Å². The van der Waals surface area contributed by atoms with Gasteiger partial charge in [-0.15, -0.1) is 5.10 Å². The van der Waals surface area contributed by atoms with Crippen LogP contribution >= 0.6 is 0 Å². The molecule has 0 saturated heterocycles. The Balaban J connectivity index is 1.86. The van der Waals surface area contributed by atoms with Crippen LogP contribution in [0.4, 0.5) is 8.78 Å². The summed E-state index contributed by atoms with van der Waals surface area (Å²) in [4.78, 5) is 15.0.